The van der Waals surface area contributed by atoms with E-state index in [0.29, 0.717) is 18.4 Å². The van der Waals surface area contributed by atoms with Crippen molar-refractivity contribution in [3.63, 3.8) is 0 Å². The van der Waals surface area contributed by atoms with Crippen molar-refractivity contribution in [1.82, 2.24) is 9.88 Å². The number of carbonyl (C=O) groups excluding carboxylic acids is 1. The van der Waals surface area contributed by atoms with E-state index in [2.05, 4.69) is 34.1 Å². The van der Waals surface area contributed by atoms with Gasteiger partial charge in [-0.25, -0.2) is 0 Å². The second-order valence-corrected chi connectivity index (χ2v) is 7.31. The molecule has 1 saturated carbocycles. The topological polar surface area (TPSA) is 45.3 Å². The first-order valence-electron chi connectivity index (χ1n) is 9.22. The van der Waals surface area contributed by atoms with Crippen LogP contribution in [0.15, 0.2) is 30.5 Å². The highest BCUT2D eigenvalue weighted by atomic mass is 16.5. The van der Waals surface area contributed by atoms with Crippen LogP contribution >= 0.6 is 0 Å². The molecule has 2 aliphatic rings. The second kappa shape index (κ2) is 6.98. The summed E-state index contributed by atoms with van der Waals surface area (Å²) >= 11 is 0. The van der Waals surface area contributed by atoms with Crippen LogP contribution in [0.5, 0.6) is 0 Å². The molecule has 2 aromatic rings. The molecule has 2 fully saturated rings. The maximum Gasteiger partial charge on any atom is 0.225 e. The standard InChI is InChI=1S/C20H26N2O2/c23-20(17-3-1-2-4-17)22-9-10-24-14-16(13-22)11-15-5-6-19-18(12-15)7-8-21-19/h5-8,12,16-17,21H,1-4,9-11,13-14H2/t16-/m0/s1. The molecule has 1 saturated heterocycles. The van der Waals surface area contributed by atoms with Crippen molar-refractivity contribution in [3.05, 3.63) is 36.0 Å². The van der Waals surface area contributed by atoms with Crippen molar-refractivity contribution in [2.45, 2.75) is 32.1 Å². The van der Waals surface area contributed by atoms with Gasteiger partial charge in [0.2, 0.25) is 5.91 Å². The van der Waals surface area contributed by atoms with E-state index in [0.717, 1.165) is 39.0 Å². The van der Waals surface area contributed by atoms with Gasteiger partial charge in [-0.3, -0.25) is 4.79 Å². The summed E-state index contributed by atoms with van der Waals surface area (Å²) in [5, 5.41) is 1.25. The third kappa shape index (κ3) is 3.34. The molecule has 128 valence electrons. The highest BCUT2D eigenvalue weighted by Crippen LogP contribution is 2.27. The maximum atomic E-state index is 12.8. The number of amides is 1. The van der Waals surface area contributed by atoms with Gasteiger partial charge in [0.25, 0.3) is 0 Å². The molecule has 0 radical (unpaired) electrons. The molecule has 0 spiro atoms. The number of ether oxygens (including phenoxy) is 1. The summed E-state index contributed by atoms with van der Waals surface area (Å²) in [6, 6.07) is 8.69. The Morgan fingerprint density at radius 2 is 2.12 bits per heavy atom. The Hall–Kier alpha value is -1.81. The van der Waals surface area contributed by atoms with Crippen LogP contribution in [0.25, 0.3) is 10.9 Å². The molecule has 1 N–H and O–H groups in total. The number of nitrogens with zero attached hydrogens (tertiary/aromatic N) is 1. The highest BCUT2D eigenvalue weighted by molar-refractivity contribution is 5.80. The van der Waals surface area contributed by atoms with E-state index in [1.54, 1.807) is 0 Å². The van der Waals surface area contributed by atoms with Crippen LogP contribution < -0.4 is 0 Å². The van der Waals surface area contributed by atoms with E-state index in [1.165, 1.54) is 29.3 Å². The van der Waals surface area contributed by atoms with E-state index in [4.69, 9.17) is 4.74 Å². The van der Waals surface area contributed by atoms with E-state index < -0.39 is 0 Å². The molecule has 1 aromatic carbocycles. The average Bonchev–Trinajstić information content (AvgIpc) is 3.23. The van der Waals surface area contributed by atoms with Crippen LogP contribution in [0.1, 0.15) is 31.2 Å². The lowest BCUT2D eigenvalue weighted by Gasteiger charge is -2.26. The van der Waals surface area contributed by atoms with Crippen LogP contribution in [0, 0.1) is 11.8 Å². The average molecular weight is 326 g/mol. The number of H-pyrrole nitrogens is 1. The van der Waals surface area contributed by atoms with Crippen molar-refractivity contribution >= 4 is 16.8 Å². The molecule has 1 atom stereocenters. The number of carbonyl (C=O) groups is 1. The Labute approximate surface area is 143 Å². The van der Waals surface area contributed by atoms with Gasteiger partial charge in [-0.05, 0) is 48.4 Å². The molecule has 4 heteroatoms. The molecule has 0 bridgehead atoms. The molecule has 0 unspecified atom stereocenters. The number of hydrogen-bond donors (Lipinski definition) is 1. The Balaban J connectivity index is 1.44. The fraction of sp³-hybridized carbons (Fsp3) is 0.550. The summed E-state index contributed by atoms with van der Waals surface area (Å²) in [4.78, 5) is 18.1. The van der Waals surface area contributed by atoms with Crippen LogP contribution in [0.3, 0.4) is 0 Å². The van der Waals surface area contributed by atoms with Gasteiger partial charge in [-0.1, -0.05) is 18.9 Å². The summed E-state index contributed by atoms with van der Waals surface area (Å²) in [6.07, 6.45) is 7.51. The number of aromatic amines is 1. The highest BCUT2D eigenvalue weighted by Gasteiger charge is 2.30. The van der Waals surface area contributed by atoms with Crippen LogP contribution in [0.2, 0.25) is 0 Å². The van der Waals surface area contributed by atoms with Gasteiger partial charge in [-0.2, -0.15) is 0 Å². The van der Waals surface area contributed by atoms with Crippen LogP contribution in [-0.4, -0.2) is 42.1 Å². The number of rotatable bonds is 3. The fourth-order valence-corrected chi connectivity index (χ4v) is 4.20. The SMILES string of the molecule is O=C(C1CCCC1)N1CCOC[C@@H](Cc2ccc3[nH]ccc3c2)C1. The van der Waals surface area contributed by atoms with Crippen molar-refractivity contribution in [2.24, 2.45) is 11.8 Å². The lowest BCUT2D eigenvalue weighted by atomic mass is 9.98. The second-order valence-electron chi connectivity index (χ2n) is 7.31. The minimum absolute atomic E-state index is 0.264. The Bertz CT molecular complexity index is 702. The first kappa shape index (κ1) is 15.7. The van der Waals surface area contributed by atoms with Crippen molar-refractivity contribution in [3.8, 4) is 0 Å². The van der Waals surface area contributed by atoms with Gasteiger partial charge >= 0.3 is 0 Å². The van der Waals surface area contributed by atoms with Gasteiger partial charge in [0.15, 0.2) is 0 Å². The van der Waals surface area contributed by atoms with Crippen molar-refractivity contribution < 1.29 is 9.53 Å². The number of fused-ring (bicyclic) bond motifs is 1. The summed E-state index contributed by atoms with van der Waals surface area (Å²) in [6.45, 7) is 3.01. The normalized spacial score (nSPS) is 22.8. The van der Waals surface area contributed by atoms with E-state index in [-0.39, 0.29) is 5.92 Å². The van der Waals surface area contributed by atoms with Crippen LogP contribution in [0.4, 0.5) is 0 Å². The summed E-state index contributed by atoms with van der Waals surface area (Å²) < 4.78 is 5.79. The quantitative estimate of drug-likeness (QED) is 0.940. The zero-order chi connectivity index (χ0) is 16.4. The van der Waals surface area contributed by atoms with Crippen molar-refractivity contribution in [2.75, 3.05) is 26.3 Å². The third-order valence-corrected chi connectivity index (χ3v) is 5.50. The van der Waals surface area contributed by atoms with E-state index in [9.17, 15) is 4.79 Å². The molecule has 24 heavy (non-hydrogen) atoms. The third-order valence-electron chi connectivity index (χ3n) is 5.50. The molecular weight excluding hydrogens is 300 g/mol. The predicted molar refractivity (Wildman–Crippen MR) is 94.8 cm³/mol. The fourth-order valence-electron chi connectivity index (χ4n) is 4.20. The number of nitrogens with one attached hydrogen (secondary N) is 1. The largest absolute Gasteiger partial charge is 0.379 e. The Morgan fingerprint density at radius 1 is 1.25 bits per heavy atom. The number of hydrogen-bond acceptors (Lipinski definition) is 2. The molecular formula is C20H26N2O2. The minimum atomic E-state index is 0.264. The first-order chi connectivity index (χ1) is 11.8. The number of aromatic nitrogens is 1. The van der Waals surface area contributed by atoms with Gasteiger partial charge in [0.05, 0.1) is 13.2 Å². The maximum absolute atomic E-state index is 12.8. The summed E-state index contributed by atoms with van der Waals surface area (Å²) in [5.41, 5.74) is 2.50. The molecule has 4 nitrogen and oxygen atoms in total. The minimum Gasteiger partial charge on any atom is -0.379 e. The molecule has 4 rings (SSSR count). The van der Waals surface area contributed by atoms with Crippen LogP contribution in [-0.2, 0) is 16.0 Å². The summed E-state index contributed by atoms with van der Waals surface area (Å²) in [5.74, 6) is 1.01. The van der Waals surface area contributed by atoms with Gasteiger partial charge in [-0.15, -0.1) is 0 Å². The number of benzene rings is 1. The van der Waals surface area contributed by atoms with E-state index >= 15 is 0 Å². The predicted octanol–water partition coefficient (Wildman–Crippen LogP) is 3.38. The lowest BCUT2D eigenvalue weighted by Crippen LogP contribution is -2.39. The van der Waals surface area contributed by atoms with Gasteiger partial charge in [0.1, 0.15) is 0 Å². The zero-order valence-electron chi connectivity index (χ0n) is 14.2. The first-order valence-corrected chi connectivity index (χ1v) is 9.22. The smallest absolute Gasteiger partial charge is 0.225 e. The molecule has 1 aliphatic heterocycles. The zero-order valence-corrected chi connectivity index (χ0v) is 14.2. The molecule has 2 heterocycles. The molecule has 1 aromatic heterocycles. The van der Waals surface area contributed by atoms with Gasteiger partial charge < -0.3 is 14.6 Å². The monoisotopic (exact) mass is 326 g/mol. The molecule has 1 aliphatic carbocycles. The Kier molecular flexibility index (Phi) is 4.56. The summed E-state index contributed by atoms with van der Waals surface area (Å²) in [7, 11) is 0. The van der Waals surface area contributed by atoms with Crippen molar-refractivity contribution in [1.29, 1.82) is 0 Å². The van der Waals surface area contributed by atoms with E-state index in [1.807, 2.05) is 6.20 Å². The Morgan fingerprint density at radius 3 is 3.00 bits per heavy atom. The lowest BCUT2D eigenvalue weighted by molar-refractivity contribution is -0.135. The molecule has 1 amide bonds. The van der Waals surface area contributed by atoms with Gasteiger partial charge in [0, 0.05) is 36.6 Å².